The molecule has 0 radical (unpaired) electrons. The first-order valence-electron chi connectivity index (χ1n) is 12.8. The number of para-hydroxylation sites is 1. The molecule has 4 rings (SSSR count). The van der Waals surface area contributed by atoms with Gasteiger partial charge in [0.2, 0.25) is 15.9 Å². The molecule has 1 aliphatic carbocycles. The van der Waals surface area contributed by atoms with E-state index in [4.69, 9.17) is 4.74 Å². The van der Waals surface area contributed by atoms with Crippen LogP contribution in [0.3, 0.4) is 0 Å². The second kappa shape index (κ2) is 11.4. The number of amides is 1. The van der Waals surface area contributed by atoms with Crippen LogP contribution in [-0.4, -0.2) is 37.1 Å². The van der Waals surface area contributed by atoms with Crippen molar-refractivity contribution in [2.75, 3.05) is 17.0 Å². The van der Waals surface area contributed by atoms with Crippen LogP contribution < -0.4 is 20.3 Å². The van der Waals surface area contributed by atoms with Gasteiger partial charge in [0, 0.05) is 47.1 Å². The monoisotopic (exact) mass is 561 g/mol. The number of likely N-dealkylation sites (N-methyl/N-ethyl adjacent to an activating group) is 1. The molecule has 1 aliphatic rings. The molecular formula is C30H31N3O6S. The maximum Gasteiger partial charge on any atom is 0.261 e. The van der Waals surface area contributed by atoms with Gasteiger partial charge in [-0.25, -0.2) is 13.0 Å². The molecule has 0 unspecified atom stereocenters. The van der Waals surface area contributed by atoms with Crippen molar-refractivity contribution in [3.63, 3.8) is 0 Å². The normalized spacial score (nSPS) is 12.3. The highest BCUT2D eigenvalue weighted by atomic mass is 32.2. The van der Waals surface area contributed by atoms with Crippen LogP contribution in [0.15, 0.2) is 65.6 Å². The molecule has 1 heterocycles. The molecule has 0 atom stereocenters. The summed E-state index contributed by atoms with van der Waals surface area (Å²) in [6, 6.07) is 10.5. The lowest BCUT2D eigenvalue weighted by Crippen LogP contribution is -2.29. The summed E-state index contributed by atoms with van der Waals surface area (Å²) in [5.74, 6) is -0.0930. The van der Waals surface area contributed by atoms with Gasteiger partial charge < -0.3 is 10.1 Å². The lowest BCUT2D eigenvalue weighted by atomic mass is 9.98. The van der Waals surface area contributed by atoms with E-state index in [0.717, 1.165) is 21.8 Å². The molecule has 1 amide bonds. The van der Waals surface area contributed by atoms with Crippen LogP contribution in [0.25, 0.3) is 17.2 Å². The minimum absolute atomic E-state index is 0.0352. The molecule has 0 saturated heterocycles. The molecule has 2 aromatic carbocycles. The molecule has 40 heavy (non-hydrogen) atoms. The Labute approximate surface area is 233 Å². The van der Waals surface area contributed by atoms with Crippen molar-refractivity contribution in [2.24, 2.45) is 0 Å². The van der Waals surface area contributed by atoms with Crippen LogP contribution in [0, 0.1) is 13.8 Å². The number of allylic oxidation sites excluding steroid dienone is 1. The summed E-state index contributed by atoms with van der Waals surface area (Å²) in [7, 11) is -3.61. The number of hydrogen-bond donors (Lipinski definition) is 2. The van der Waals surface area contributed by atoms with Crippen LogP contribution in [-0.2, 0) is 21.2 Å². The van der Waals surface area contributed by atoms with Gasteiger partial charge in [0.25, 0.3) is 11.5 Å². The number of nitrogens with one attached hydrogen (secondary N) is 2. The van der Waals surface area contributed by atoms with Crippen molar-refractivity contribution in [3.05, 3.63) is 93.4 Å². The molecule has 2 N–H and O–H groups in total. The third-order valence-corrected chi connectivity index (χ3v) is 7.93. The van der Waals surface area contributed by atoms with Gasteiger partial charge in [-0.3, -0.25) is 19.1 Å². The number of carbonyl (C=O) groups excluding carboxylic acids is 2. The standard InChI is InChI=1S/C30H31N3O6S/c1-6-27(34)33-17-25(22-14-20(29(35)31-7-2)15-24(22)30(33)36)23-16-21(32-40(37,38)8-3)12-13-26(23)39-28-18(4)10-9-11-19(28)5/h6,9-14,16-17,32H,1,7-8,15H2,2-5H3,(H,31,35). The Morgan fingerprint density at radius 2 is 1.80 bits per heavy atom. The largest absolute Gasteiger partial charge is 0.456 e. The number of fused-ring (bicyclic) bond motifs is 1. The predicted molar refractivity (Wildman–Crippen MR) is 156 cm³/mol. The molecule has 1 aromatic heterocycles. The summed E-state index contributed by atoms with van der Waals surface area (Å²) in [4.78, 5) is 38.8. The van der Waals surface area contributed by atoms with Crippen molar-refractivity contribution in [3.8, 4) is 22.6 Å². The number of rotatable bonds is 9. The fourth-order valence-electron chi connectivity index (χ4n) is 4.54. The zero-order chi connectivity index (χ0) is 29.2. The Kier molecular flexibility index (Phi) is 8.11. The number of aromatic nitrogens is 1. The molecule has 0 fully saturated rings. The van der Waals surface area contributed by atoms with Crippen molar-refractivity contribution in [2.45, 2.75) is 34.1 Å². The number of ether oxygens (including phenoxy) is 1. The number of sulfonamides is 1. The smallest absolute Gasteiger partial charge is 0.261 e. The van der Waals surface area contributed by atoms with Gasteiger partial charge in [0.15, 0.2) is 0 Å². The van der Waals surface area contributed by atoms with Crippen molar-refractivity contribution in [1.82, 2.24) is 9.88 Å². The van der Waals surface area contributed by atoms with E-state index in [9.17, 15) is 22.8 Å². The van der Waals surface area contributed by atoms with Crippen molar-refractivity contribution in [1.29, 1.82) is 0 Å². The zero-order valence-corrected chi connectivity index (χ0v) is 23.6. The maximum absolute atomic E-state index is 13.3. The number of carbonyl (C=O) groups is 2. The average Bonchev–Trinajstić information content (AvgIpc) is 3.38. The second-order valence-corrected chi connectivity index (χ2v) is 11.4. The van der Waals surface area contributed by atoms with Gasteiger partial charge in [-0.15, -0.1) is 0 Å². The minimum atomic E-state index is -3.61. The topological polar surface area (TPSA) is 124 Å². The van der Waals surface area contributed by atoms with Gasteiger partial charge in [0.05, 0.1) is 5.75 Å². The van der Waals surface area contributed by atoms with Gasteiger partial charge in [-0.1, -0.05) is 24.8 Å². The van der Waals surface area contributed by atoms with E-state index >= 15 is 0 Å². The molecule has 10 heteroatoms. The van der Waals surface area contributed by atoms with Crippen molar-refractivity contribution < 1.29 is 22.7 Å². The highest BCUT2D eigenvalue weighted by Crippen LogP contribution is 2.41. The van der Waals surface area contributed by atoms with E-state index in [0.29, 0.717) is 40.3 Å². The van der Waals surface area contributed by atoms with Crippen LogP contribution in [0.2, 0.25) is 0 Å². The Morgan fingerprint density at radius 3 is 2.42 bits per heavy atom. The number of hydrogen-bond acceptors (Lipinski definition) is 6. The van der Waals surface area contributed by atoms with Crippen molar-refractivity contribution >= 4 is 33.6 Å². The molecule has 3 aromatic rings. The molecular weight excluding hydrogens is 530 g/mol. The number of benzene rings is 2. The minimum Gasteiger partial charge on any atom is -0.456 e. The number of nitrogens with zero attached hydrogens (tertiary/aromatic N) is 1. The van der Waals surface area contributed by atoms with Crippen LogP contribution in [0.4, 0.5) is 5.69 Å². The second-order valence-electron chi connectivity index (χ2n) is 9.40. The number of anilines is 1. The van der Waals surface area contributed by atoms with Crippen LogP contribution in [0.1, 0.15) is 40.9 Å². The van der Waals surface area contributed by atoms with E-state index in [2.05, 4.69) is 16.6 Å². The SMILES string of the molecule is C=CC(=O)n1cc(-c2cc(NS(=O)(=O)CC)ccc2Oc2c(C)cccc2C)c2c(c1=O)CC(C(=O)NCC)=C2. The predicted octanol–water partition coefficient (Wildman–Crippen LogP) is 4.59. The lowest BCUT2D eigenvalue weighted by molar-refractivity contribution is -0.117. The summed E-state index contributed by atoms with van der Waals surface area (Å²) < 4.78 is 34.6. The van der Waals surface area contributed by atoms with E-state index in [1.165, 1.54) is 13.1 Å². The van der Waals surface area contributed by atoms with Gasteiger partial charge in [-0.05, 0) is 74.7 Å². The van der Waals surface area contributed by atoms with Gasteiger partial charge >= 0.3 is 0 Å². The third-order valence-electron chi connectivity index (χ3n) is 6.62. The first-order chi connectivity index (χ1) is 19.0. The number of aryl methyl sites for hydroxylation is 2. The van der Waals surface area contributed by atoms with E-state index < -0.39 is 21.5 Å². The fraction of sp³-hybridized carbons (Fsp3) is 0.233. The summed E-state index contributed by atoms with van der Waals surface area (Å²) in [5, 5.41) is 2.75. The summed E-state index contributed by atoms with van der Waals surface area (Å²) in [5.41, 5.74) is 3.44. The summed E-state index contributed by atoms with van der Waals surface area (Å²) in [6.45, 7) is 11.1. The highest BCUT2D eigenvalue weighted by Gasteiger charge is 2.28. The molecule has 0 bridgehead atoms. The molecule has 208 valence electrons. The summed E-state index contributed by atoms with van der Waals surface area (Å²) in [6.07, 6.45) is 4.08. The first kappa shape index (κ1) is 28.6. The Bertz CT molecular complexity index is 1710. The van der Waals surface area contributed by atoms with E-state index in [-0.39, 0.29) is 29.3 Å². The zero-order valence-electron chi connectivity index (χ0n) is 22.8. The van der Waals surface area contributed by atoms with Gasteiger partial charge in [0.1, 0.15) is 11.5 Å². The lowest BCUT2D eigenvalue weighted by Gasteiger charge is -2.19. The van der Waals surface area contributed by atoms with E-state index in [1.807, 2.05) is 32.0 Å². The third kappa shape index (κ3) is 5.62. The molecule has 0 saturated carbocycles. The maximum atomic E-state index is 13.3. The van der Waals surface area contributed by atoms with E-state index in [1.54, 1.807) is 31.2 Å². The first-order valence-corrected chi connectivity index (χ1v) is 14.5. The van der Waals surface area contributed by atoms with Crippen LogP contribution >= 0.6 is 0 Å². The van der Waals surface area contributed by atoms with Gasteiger partial charge in [-0.2, -0.15) is 0 Å². The Hall–Kier alpha value is -4.44. The fourth-order valence-corrected chi connectivity index (χ4v) is 5.17. The molecule has 9 nitrogen and oxygen atoms in total. The quantitative estimate of drug-likeness (QED) is 0.369. The molecule has 0 aliphatic heterocycles. The highest BCUT2D eigenvalue weighted by molar-refractivity contribution is 7.92. The average molecular weight is 562 g/mol. The molecule has 0 spiro atoms. The Balaban J connectivity index is 2.02. The van der Waals surface area contributed by atoms with Crippen LogP contribution in [0.5, 0.6) is 11.5 Å². The summed E-state index contributed by atoms with van der Waals surface area (Å²) >= 11 is 0. The Morgan fingerprint density at radius 1 is 1.10 bits per heavy atom. The number of pyridine rings is 1.